The van der Waals surface area contributed by atoms with Crippen LogP contribution in [0.4, 0.5) is 4.39 Å². The summed E-state index contributed by atoms with van der Waals surface area (Å²) in [6, 6.07) is 10.1. The molecule has 1 aromatic heterocycles. The fourth-order valence-corrected chi connectivity index (χ4v) is 2.21. The highest BCUT2D eigenvalue weighted by Crippen LogP contribution is 2.19. The Morgan fingerprint density at radius 3 is 2.60 bits per heavy atom. The van der Waals surface area contributed by atoms with E-state index < -0.39 is 0 Å². The fraction of sp³-hybridized carbons (Fsp3) is 0.353. The number of aryl methyl sites for hydroxylation is 1. The van der Waals surface area contributed by atoms with E-state index in [0.29, 0.717) is 0 Å². The molecular weight excluding hydrogens is 251 g/mol. The maximum absolute atomic E-state index is 13.4. The Labute approximate surface area is 120 Å². The molecule has 0 saturated carbocycles. The van der Waals surface area contributed by atoms with E-state index >= 15 is 0 Å². The van der Waals surface area contributed by atoms with E-state index in [1.807, 2.05) is 0 Å². The molecule has 1 heterocycles. The summed E-state index contributed by atoms with van der Waals surface area (Å²) in [5, 5.41) is 3.47. The molecule has 0 bridgehead atoms. The summed E-state index contributed by atoms with van der Waals surface area (Å²) in [4.78, 5) is 3.95. The number of pyridine rings is 1. The number of nitrogens with zero attached hydrogens (tertiary/aromatic N) is 1. The number of nitrogens with one attached hydrogen (secondary N) is 1. The van der Waals surface area contributed by atoms with Crippen LogP contribution < -0.4 is 5.32 Å². The lowest BCUT2D eigenvalue weighted by molar-refractivity contribution is 0.521. The van der Waals surface area contributed by atoms with Crippen molar-refractivity contribution in [1.29, 1.82) is 0 Å². The lowest BCUT2D eigenvalue weighted by atomic mass is 9.99. The molecule has 20 heavy (non-hydrogen) atoms. The second-order valence-corrected chi connectivity index (χ2v) is 5.13. The zero-order chi connectivity index (χ0) is 14.4. The predicted molar refractivity (Wildman–Crippen MR) is 80.1 cm³/mol. The largest absolute Gasteiger partial charge is 0.310 e. The predicted octanol–water partition coefficient (Wildman–Crippen LogP) is 3.81. The van der Waals surface area contributed by atoms with Crippen molar-refractivity contribution in [2.45, 2.75) is 32.7 Å². The molecule has 2 rings (SSSR count). The smallest absolute Gasteiger partial charge is 0.141 e. The molecular formula is C17H21FN2. The average Bonchev–Trinajstić information content (AvgIpc) is 2.45. The second kappa shape index (κ2) is 7.15. The second-order valence-electron chi connectivity index (χ2n) is 5.13. The van der Waals surface area contributed by atoms with Crippen LogP contribution in [0, 0.1) is 12.7 Å². The maximum Gasteiger partial charge on any atom is 0.141 e. The van der Waals surface area contributed by atoms with E-state index in [1.54, 1.807) is 12.3 Å². The topological polar surface area (TPSA) is 24.9 Å². The molecule has 1 unspecified atom stereocenters. The summed E-state index contributed by atoms with van der Waals surface area (Å²) in [7, 11) is 0. The molecule has 0 amide bonds. The highest BCUT2D eigenvalue weighted by atomic mass is 19.1. The number of hydrogen-bond donors (Lipinski definition) is 1. The van der Waals surface area contributed by atoms with Gasteiger partial charge in [-0.15, -0.1) is 0 Å². The molecule has 2 nitrogen and oxygen atoms in total. The Morgan fingerprint density at radius 1 is 1.20 bits per heavy atom. The zero-order valence-corrected chi connectivity index (χ0v) is 12.1. The van der Waals surface area contributed by atoms with Gasteiger partial charge in [0.15, 0.2) is 0 Å². The van der Waals surface area contributed by atoms with E-state index in [9.17, 15) is 4.39 Å². The standard InChI is InChI=1S/C17H21FN2/c1-3-8-20-17(15-10-16(18)12-19-11-15)9-14-6-4-13(2)5-7-14/h4-7,10-12,17,20H,3,8-9H2,1-2H3. The van der Waals surface area contributed by atoms with Gasteiger partial charge in [0.2, 0.25) is 0 Å². The van der Waals surface area contributed by atoms with Gasteiger partial charge >= 0.3 is 0 Å². The minimum Gasteiger partial charge on any atom is -0.310 e. The fourth-order valence-electron chi connectivity index (χ4n) is 2.21. The lowest BCUT2D eigenvalue weighted by Crippen LogP contribution is -2.24. The number of aromatic nitrogens is 1. The molecule has 0 aliphatic rings. The number of halogens is 1. The zero-order valence-electron chi connectivity index (χ0n) is 12.1. The van der Waals surface area contributed by atoms with Crippen molar-refractivity contribution in [3.05, 3.63) is 65.2 Å². The number of rotatable bonds is 6. The quantitative estimate of drug-likeness (QED) is 0.865. The number of hydrogen-bond acceptors (Lipinski definition) is 2. The van der Waals surface area contributed by atoms with Crippen molar-refractivity contribution in [2.75, 3.05) is 6.54 Å². The maximum atomic E-state index is 13.4. The molecule has 106 valence electrons. The van der Waals surface area contributed by atoms with Gasteiger partial charge in [0, 0.05) is 12.2 Å². The number of benzene rings is 1. The van der Waals surface area contributed by atoms with E-state index in [0.717, 1.165) is 24.9 Å². The summed E-state index contributed by atoms with van der Waals surface area (Å²) < 4.78 is 13.4. The molecule has 0 aliphatic carbocycles. The molecule has 0 aliphatic heterocycles. The van der Waals surface area contributed by atoms with Crippen molar-refractivity contribution >= 4 is 0 Å². The van der Waals surface area contributed by atoms with Gasteiger partial charge in [-0.25, -0.2) is 4.39 Å². The van der Waals surface area contributed by atoms with E-state index in [4.69, 9.17) is 0 Å². The summed E-state index contributed by atoms with van der Waals surface area (Å²) in [6.45, 7) is 5.11. The van der Waals surface area contributed by atoms with Crippen LogP contribution in [-0.2, 0) is 6.42 Å². The van der Waals surface area contributed by atoms with Crippen LogP contribution in [0.5, 0.6) is 0 Å². The van der Waals surface area contributed by atoms with Crippen molar-refractivity contribution in [1.82, 2.24) is 10.3 Å². The first-order valence-electron chi connectivity index (χ1n) is 7.08. The SMILES string of the molecule is CCCNC(Cc1ccc(C)cc1)c1cncc(F)c1. The van der Waals surface area contributed by atoms with Gasteiger partial charge in [-0.3, -0.25) is 4.98 Å². The highest BCUT2D eigenvalue weighted by Gasteiger charge is 2.12. The Kier molecular flexibility index (Phi) is 5.24. The van der Waals surface area contributed by atoms with Crippen LogP contribution in [0.25, 0.3) is 0 Å². The molecule has 3 heteroatoms. The third kappa shape index (κ3) is 4.14. The molecule has 2 aromatic rings. The van der Waals surface area contributed by atoms with E-state index in [2.05, 4.69) is 48.4 Å². The Hall–Kier alpha value is -1.74. The third-order valence-electron chi connectivity index (χ3n) is 3.33. The first-order valence-corrected chi connectivity index (χ1v) is 7.08. The van der Waals surface area contributed by atoms with Crippen LogP contribution >= 0.6 is 0 Å². The van der Waals surface area contributed by atoms with Crippen molar-refractivity contribution in [2.24, 2.45) is 0 Å². The summed E-state index contributed by atoms with van der Waals surface area (Å²) in [5.74, 6) is -0.283. The van der Waals surface area contributed by atoms with E-state index in [1.165, 1.54) is 17.3 Å². The molecule has 1 aromatic carbocycles. The van der Waals surface area contributed by atoms with Gasteiger partial charge in [0.1, 0.15) is 5.82 Å². The minimum absolute atomic E-state index is 0.0980. The van der Waals surface area contributed by atoms with Gasteiger partial charge in [-0.1, -0.05) is 36.8 Å². The van der Waals surface area contributed by atoms with Gasteiger partial charge < -0.3 is 5.32 Å². The third-order valence-corrected chi connectivity index (χ3v) is 3.33. The summed E-state index contributed by atoms with van der Waals surface area (Å²) in [5.41, 5.74) is 3.40. The van der Waals surface area contributed by atoms with Crippen LogP contribution in [0.15, 0.2) is 42.7 Å². The minimum atomic E-state index is -0.283. The molecule has 0 spiro atoms. The molecule has 0 saturated heterocycles. The Morgan fingerprint density at radius 2 is 1.95 bits per heavy atom. The lowest BCUT2D eigenvalue weighted by Gasteiger charge is -2.19. The van der Waals surface area contributed by atoms with Gasteiger partial charge in [0.25, 0.3) is 0 Å². The monoisotopic (exact) mass is 272 g/mol. The van der Waals surface area contributed by atoms with E-state index in [-0.39, 0.29) is 11.9 Å². The molecule has 1 N–H and O–H groups in total. The summed E-state index contributed by atoms with van der Waals surface area (Å²) >= 11 is 0. The molecule has 1 atom stereocenters. The van der Waals surface area contributed by atoms with Gasteiger partial charge in [-0.2, -0.15) is 0 Å². The van der Waals surface area contributed by atoms with Crippen molar-refractivity contribution in [3.63, 3.8) is 0 Å². The van der Waals surface area contributed by atoms with Crippen LogP contribution in [0.2, 0.25) is 0 Å². The average molecular weight is 272 g/mol. The van der Waals surface area contributed by atoms with Crippen molar-refractivity contribution < 1.29 is 4.39 Å². The van der Waals surface area contributed by atoms with Gasteiger partial charge in [-0.05, 0) is 43.5 Å². The molecule has 0 fully saturated rings. The highest BCUT2D eigenvalue weighted by molar-refractivity contribution is 5.25. The van der Waals surface area contributed by atoms with Crippen LogP contribution in [-0.4, -0.2) is 11.5 Å². The van der Waals surface area contributed by atoms with Crippen LogP contribution in [0.1, 0.15) is 36.1 Å². The first kappa shape index (κ1) is 14.7. The van der Waals surface area contributed by atoms with Crippen molar-refractivity contribution in [3.8, 4) is 0 Å². The molecule has 0 radical (unpaired) electrons. The Bertz CT molecular complexity index is 537. The Balaban J connectivity index is 2.16. The summed E-state index contributed by atoms with van der Waals surface area (Å²) in [6.07, 6.45) is 4.87. The normalized spacial score (nSPS) is 12.3. The first-order chi connectivity index (χ1) is 9.69. The van der Waals surface area contributed by atoms with Crippen LogP contribution in [0.3, 0.4) is 0 Å². The van der Waals surface area contributed by atoms with Gasteiger partial charge in [0.05, 0.1) is 6.20 Å².